The molecule has 1 aliphatic rings. The molecule has 28 heavy (non-hydrogen) atoms. The fourth-order valence-electron chi connectivity index (χ4n) is 2.92. The minimum absolute atomic E-state index is 0.000747. The van der Waals surface area contributed by atoms with E-state index in [2.05, 4.69) is 0 Å². The van der Waals surface area contributed by atoms with Gasteiger partial charge in [-0.25, -0.2) is 12.8 Å². The van der Waals surface area contributed by atoms with E-state index in [1.165, 1.54) is 40.7 Å². The number of nitro groups is 1. The van der Waals surface area contributed by atoms with Gasteiger partial charge in [0.05, 0.1) is 15.7 Å². The Morgan fingerprint density at radius 1 is 1.07 bits per heavy atom. The van der Waals surface area contributed by atoms with Crippen LogP contribution in [-0.2, 0) is 14.8 Å². The Kier molecular flexibility index (Phi) is 5.71. The molecular weight excluding hydrogens is 391 g/mol. The van der Waals surface area contributed by atoms with Crippen LogP contribution in [-0.4, -0.2) is 36.7 Å². The molecule has 0 N–H and O–H groups in total. The summed E-state index contributed by atoms with van der Waals surface area (Å²) in [6.45, 7) is 0.277. The topological polar surface area (TPSA) is 107 Å². The SMILES string of the molecule is O=C(Oc1ccc([N+](=O)[O-])cc1)C1CCN(S(=O)(=O)c2ccc(F)cc2)CC1. The van der Waals surface area contributed by atoms with Crippen LogP contribution >= 0.6 is 0 Å². The van der Waals surface area contributed by atoms with Gasteiger partial charge in [-0.1, -0.05) is 0 Å². The van der Waals surface area contributed by atoms with Crippen molar-refractivity contribution in [2.24, 2.45) is 5.92 Å². The summed E-state index contributed by atoms with van der Waals surface area (Å²) in [6, 6.07) is 9.73. The molecule has 0 amide bonds. The van der Waals surface area contributed by atoms with Crippen LogP contribution in [0.4, 0.5) is 10.1 Å². The lowest BCUT2D eigenvalue weighted by Crippen LogP contribution is -2.41. The molecule has 8 nitrogen and oxygen atoms in total. The summed E-state index contributed by atoms with van der Waals surface area (Å²) in [5, 5.41) is 10.6. The molecule has 0 aromatic heterocycles. The molecule has 0 unspecified atom stereocenters. The first-order chi connectivity index (χ1) is 13.3. The number of sulfonamides is 1. The van der Waals surface area contributed by atoms with E-state index in [9.17, 15) is 27.7 Å². The highest BCUT2D eigenvalue weighted by Crippen LogP contribution is 2.26. The number of carbonyl (C=O) groups is 1. The number of non-ortho nitro benzene ring substituents is 1. The number of carbonyl (C=O) groups excluding carboxylic acids is 1. The Bertz CT molecular complexity index is 968. The zero-order valence-electron chi connectivity index (χ0n) is 14.7. The molecule has 0 aliphatic carbocycles. The normalized spacial score (nSPS) is 15.9. The van der Waals surface area contributed by atoms with Crippen LogP contribution in [0.2, 0.25) is 0 Å². The molecule has 0 atom stereocenters. The minimum Gasteiger partial charge on any atom is -0.426 e. The highest BCUT2D eigenvalue weighted by Gasteiger charge is 2.33. The van der Waals surface area contributed by atoms with E-state index in [4.69, 9.17) is 4.74 Å². The Morgan fingerprint density at radius 3 is 2.18 bits per heavy atom. The third kappa shape index (κ3) is 4.34. The highest BCUT2D eigenvalue weighted by atomic mass is 32.2. The molecule has 0 saturated carbocycles. The molecule has 2 aromatic carbocycles. The summed E-state index contributed by atoms with van der Waals surface area (Å²) < 4.78 is 44.7. The molecular formula is C18H17FN2O6S. The molecule has 0 radical (unpaired) electrons. The van der Waals surface area contributed by atoms with E-state index in [-0.39, 0.29) is 42.3 Å². The van der Waals surface area contributed by atoms with Crippen LogP contribution in [0.5, 0.6) is 5.75 Å². The van der Waals surface area contributed by atoms with E-state index in [1.807, 2.05) is 0 Å². The fraction of sp³-hybridized carbons (Fsp3) is 0.278. The van der Waals surface area contributed by atoms with Gasteiger partial charge in [-0.2, -0.15) is 4.31 Å². The van der Waals surface area contributed by atoms with Gasteiger partial charge in [-0.15, -0.1) is 0 Å². The lowest BCUT2D eigenvalue weighted by atomic mass is 9.98. The first kappa shape index (κ1) is 19.9. The molecule has 10 heteroatoms. The Balaban J connectivity index is 1.59. The predicted octanol–water partition coefficient (Wildman–Crippen LogP) is 2.74. The molecule has 1 fully saturated rings. The molecule has 0 bridgehead atoms. The van der Waals surface area contributed by atoms with Gasteiger partial charge in [-0.3, -0.25) is 14.9 Å². The number of piperidine rings is 1. The average molecular weight is 408 g/mol. The zero-order valence-corrected chi connectivity index (χ0v) is 15.5. The molecule has 148 valence electrons. The second-order valence-corrected chi connectivity index (χ2v) is 8.24. The van der Waals surface area contributed by atoms with Crippen LogP contribution < -0.4 is 4.74 Å². The number of benzene rings is 2. The van der Waals surface area contributed by atoms with Crippen LogP contribution in [0.1, 0.15) is 12.8 Å². The first-order valence-electron chi connectivity index (χ1n) is 8.49. The average Bonchev–Trinajstić information content (AvgIpc) is 2.69. The van der Waals surface area contributed by atoms with Gasteiger partial charge in [0.2, 0.25) is 10.0 Å². The molecule has 1 aliphatic heterocycles. The molecule has 1 heterocycles. The molecule has 3 rings (SSSR count). The van der Waals surface area contributed by atoms with Gasteiger partial charge < -0.3 is 4.74 Å². The fourth-order valence-corrected chi connectivity index (χ4v) is 4.39. The molecule has 1 saturated heterocycles. The number of esters is 1. The Morgan fingerprint density at radius 2 is 1.64 bits per heavy atom. The number of halogens is 1. The van der Waals surface area contributed by atoms with Gasteiger partial charge in [0.1, 0.15) is 11.6 Å². The maximum atomic E-state index is 13.0. The third-order valence-corrected chi connectivity index (χ3v) is 6.42. The van der Waals surface area contributed by atoms with Crippen molar-refractivity contribution in [2.75, 3.05) is 13.1 Å². The van der Waals surface area contributed by atoms with Gasteiger partial charge in [0, 0.05) is 25.2 Å². The summed E-state index contributed by atoms with van der Waals surface area (Å²) in [6.07, 6.45) is 0.568. The summed E-state index contributed by atoms with van der Waals surface area (Å²) in [4.78, 5) is 22.4. The van der Waals surface area contributed by atoms with Crippen molar-refractivity contribution in [3.63, 3.8) is 0 Å². The highest BCUT2D eigenvalue weighted by molar-refractivity contribution is 7.89. The van der Waals surface area contributed by atoms with E-state index in [0.29, 0.717) is 0 Å². The monoisotopic (exact) mass is 408 g/mol. The van der Waals surface area contributed by atoms with Crippen LogP contribution in [0.3, 0.4) is 0 Å². The predicted molar refractivity (Wildman–Crippen MR) is 96.6 cm³/mol. The Labute approximate surface area is 160 Å². The number of hydrogen-bond donors (Lipinski definition) is 0. The lowest BCUT2D eigenvalue weighted by molar-refractivity contribution is -0.384. The van der Waals surface area contributed by atoms with Crippen molar-refractivity contribution >= 4 is 21.7 Å². The van der Waals surface area contributed by atoms with Crippen molar-refractivity contribution in [1.29, 1.82) is 0 Å². The third-order valence-electron chi connectivity index (χ3n) is 4.50. The van der Waals surface area contributed by atoms with E-state index >= 15 is 0 Å². The molecule has 2 aromatic rings. The van der Waals surface area contributed by atoms with Crippen LogP contribution in [0.25, 0.3) is 0 Å². The second-order valence-electron chi connectivity index (χ2n) is 6.30. The maximum absolute atomic E-state index is 13.0. The number of ether oxygens (including phenoxy) is 1. The molecule has 0 spiro atoms. The smallest absolute Gasteiger partial charge is 0.314 e. The van der Waals surface area contributed by atoms with Crippen LogP contribution in [0.15, 0.2) is 53.4 Å². The maximum Gasteiger partial charge on any atom is 0.314 e. The van der Waals surface area contributed by atoms with Crippen molar-refractivity contribution in [1.82, 2.24) is 4.31 Å². The van der Waals surface area contributed by atoms with Crippen molar-refractivity contribution in [3.05, 3.63) is 64.5 Å². The standard InChI is InChI=1S/C18H17FN2O6S/c19-14-1-7-17(8-2-14)28(25,26)20-11-9-13(10-12-20)18(22)27-16-5-3-15(4-6-16)21(23)24/h1-8,13H,9-12H2. The summed E-state index contributed by atoms with van der Waals surface area (Å²) >= 11 is 0. The van der Waals surface area contributed by atoms with E-state index in [0.717, 1.165) is 12.1 Å². The number of nitro benzene ring substituents is 1. The van der Waals surface area contributed by atoms with E-state index < -0.39 is 32.7 Å². The van der Waals surface area contributed by atoms with E-state index in [1.54, 1.807) is 0 Å². The van der Waals surface area contributed by atoms with Crippen LogP contribution in [0, 0.1) is 21.8 Å². The first-order valence-corrected chi connectivity index (χ1v) is 9.93. The summed E-state index contributed by atoms with van der Waals surface area (Å²) in [7, 11) is -3.75. The van der Waals surface area contributed by atoms with Gasteiger partial charge in [-0.05, 0) is 49.2 Å². The quantitative estimate of drug-likeness (QED) is 0.326. The van der Waals surface area contributed by atoms with Gasteiger partial charge in [0.15, 0.2) is 0 Å². The van der Waals surface area contributed by atoms with Crippen molar-refractivity contribution in [3.8, 4) is 5.75 Å². The number of nitrogens with zero attached hydrogens (tertiary/aromatic N) is 2. The van der Waals surface area contributed by atoms with Gasteiger partial charge >= 0.3 is 5.97 Å². The van der Waals surface area contributed by atoms with Crippen molar-refractivity contribution < 1.29 is 27.3 Å². The van der Waals surface area contributed by atoms with Crippen molar-refractivity contribution in [2.45, 2.75) is 17.7 Å². The Hall–Kier alpha value is -2.85. The zero-order chi connectivity index (χ0) is 20.3. The summed E-state index contributed by atoms with van der Waals surface area (Å²) in [5.41, 5.74) is -0.112. The minimum atomic E-state index is -3.75. The van der Waals surface area contributed by atoms with Gasteiger partial charge in [0.25, 0.3) is 5.69 Å². The largest absolute Gasteiger partial charge is 0.426 e. The number of rotatable bonds is 5. The second kappa shape index (κ2) is 8.03. The number of hydrogen-bond acceptors (Lipinski definition) is 6. The summed E-state index contributed by atoms with van der Waals surface area (Å²) in [5.74, 6) is -1.31. The lowest BCUT2D eigenvalue weighted by Gasteiger charge is -2.30.